The normalized spacial score (nSPS) is 24.4. The minimum Gasteiger partial charge on any atom is -0.494 e. The van der Waals surface area contributed by atoms with Crippen molar-refractivity contribution in [3.63, 3.8) is 0 Å². The van der Waals surface area contributed by atoms with E-state index in [2.05, 4.69) is 30.0 Å². The molecular formula is C17H28N2O. The van der Waals surface area contributed by atoms with E-state index in [0.29, 0.717) is 18.6 Å². The first-order valence-electron chi connectivity index (χ1n) is 7.97. The van der Waals surface area contributed by atoms with Crippen LogP contribution in [0.4, 0.5) is 0 Å². The Hall–Kier alpha value is -1.06. The molecule has 2 rings (SSSR count). The van der Waals surface area contributed by atoms with Crippen molar-refractivity contribution in [2.75, 3.05) is 26.2 Å². The Morgan fingerprint density at radius 2 is 2.15 bits per heavy atom. The average molecular weight is 276 g/mol. The first kappa shape index (κ1) is 15.3. The van der Waals surface area contributed by atoms with Gasteiger partial charge >= 0.3 is 0 Å². The summed E-state index contributed by atoms with van der Waals surface area (Å²) in [6.45, 7) is 8.01. The zero-order valence-corrected chi connectivity index (χ0v) is 12.8. The lowest BCUT2D eigenvalue weighted by atomic mass is 9.89. The number of rotatable bonds is 5. The third-order valence-electron chi connectivity index (χ3n) is 4.33. The number of hydrogen-bond acceptors (Lipinski definition) is 3. The lowest BCUT2D eigenvalue weighted by Crippen LogP contribution is -2.35. The van der Waals surface area contributed by atoms with Gasteiger partial charge in [-0.05, 0) is 63.0 Å². The van der Waals surface area contributed by atoms with Gasteiger partial charge in [-0.3, -0.25) is 4.90 Å². The van der Waals surface area contributed by atoms with E-state index >= 15 is 0 Å². The van der Waals surface area contributed by atoms with Gasteiger partial charge in [0.2, 0.25) is 0 Å². The highest BCUT2D eigenvalue weighted by molar-refractivity contribution is 5.31. The molecule has 0 radical (unpaired) electrons. The van der Waals surface area contributed by atoms with E-state index in [1.54, 1.807) is 0 Å². The van der Waals surface area contributed by atoms with E-state index in [0.717, 1.165) is 18.8 Å². The Kier molecular flexibility index (Phi) is 5.86. The van der Waals surface area contributed by atoms with Crippen LogP contribution in [-0.4, -0.2) is 31.1 Å². The molecule has 1 aliphatic rings. The van der Waals surface area contributed by atoms with Crippen molar-refractivity contribution in [3.8, 4) is 5.75 Å². The van der Waals surface area contributed by atoms with E-state index in [4.69, 9.17) is 10.5 Å². The van der Waals surface area contributed by atoms with Gasteiger partial charge in [0.25, 0.3) is 0 Å². The fourth-order valence-electron chi connectivity index (χ4n) is 3.36. The molecule has 2 atom stereocenters. The maximum Gasteiger partial charge on any atom is 0.119 e. The van der Waals surface area contributed by atoms with Gasteiger partial charge in [-0.15, -0.1) is 0 Å². The van der Waals surface area contributed by atoms with Gasteiger partial charge < -0.3 is 10.5 Å². The predicted octanol–water partition coefficient (Wildman–Crippen LogP) is 3.21. The molecule has 0 aliphatic carbocycles. The zero-order valence-electron chi connectivity index (χ0n) is 12.8. The molecule has 0 bridgehead atoms. The monoisotopic (exact) mass is 276 g/mol. The number of benzene rings is 1. The molecule has 3 heteroatoms. The average Bonchev–Trinajstić information content (AvgIpc) is 2.69. The summed E-state index contributed by atoms with van der Waals surface area (Å²) in [5, 5.41) is 0. The van der Waals surface area contributed by atoms with Crippen LogP contribution < -0.4 is 10.5 Å². The molecule has 3 nitrogen and oxygen atoms in total. The first-order chi connectivity index (χ1) is 9.80. The van der Waals surface area contributed by atoms with Crippen LogP contribution in [0.1, 0.15) is 44.7 Å². The minimum absolute atomic E-state index is 0.438. The second-order valence-corrected chi connectivity index (χ2v) is 5.57. The molecule has 0 aromatic heterocycles. The van der Waals surface area contributed by atoms with E-state index in [1.165, 1.54) is 31.4 Å². The van der Waals surface area contributed by atoms with Crippen LogP contribution in [0.25, 0.3) is 0 Å². The summed E-state index contributed by atoms with van der Waals surface area (Å²) in [6.07, 6.45) is 3.81. The summed E-state index contributed by atoms with van der Waals surface area (Å²) in [4.78, 5) is 2.58. The van der Waals surface area contributed by atoms with E-state index in [-0.39, 0.29) is 0 Å². The zero-order chi connectivity index (χ0) is 14.4. The van der Waals surface area contributed by atoms with Crippen LogP contribution in [0, 0.1) is 5.92 Å². The lowest BCUT2D eigenvalue weighted by molar-refractivity contribution is 0.166. The van der Waals surface area contributed by atoms with Gasteiger partial charge in [0.15, 0.2) is 0 Å². The second-order valence-electron chi connectivity index (χ2n) is 5.57. The maximum atomic E-state index is 6.06. The summed E-state index contributed by atoms with van der Waals surface area (Å²) < 4.78 is 5.66. The van der Waals surface area contributed by atoms with Crippen molar-refractivity contribution >= 4 is 0 Å². The summed E-state index contributed by atoms with van der Waals surface area (Å²) in [7, 11) is 0. The molecule has 0 amide bonds. The largest absolute Gasteiger partial charge is 0.494 e. The van der Waals surface area contributed by atoms with E-state index in [9.17, 15) is 0 Å². The summed E-state index contributed by atoms with van der Waals surface area (Å²) in [6, 6.07) is 9.01. The molecule has 1 aromatic carbocycles. The Labute approximate surface area is 123 Å². The van der Waals surface area contributed by atoms with E-state index in [1.807, 2.05) is 13.0 Å². The number of nitrogens with two attached hydrogens (primary N) is 1. The highest BCUT2D eigenvalue weighted by Gasteiger charge is 2.29. The van der Waals surface area contributed by atoms with Crippen LogP contribution in [0.2, 0.25) is 0 Å². The van der Waals surface area contributed by atoms with Crippen molar-refractivity contribution in [3.05, 3.63) is 29.8 Å². The van der Waals surface area contributed by atoms with Crippen LogP contribution in [0.15, 0.2) is 24.3 Å². The van der Waals surface area contributed by atoms with Crippen molar-refractivity contribution in [1.29, 1.82) is 0 Å². The van der Waals surface area contributed by atoms with Gasteiger partial charge in [-0.1, -0.05) is 25.5 Å². The van der Waals surface area contributed by atoms with Gasteiger partial charge in [-0.2, -0.15) is 0 Å². The molecule has 1 fully saturated rings. The number of ether oxygens (including phenoxy) is 1. The molecular weight excluding hydrogens is 248 g/mol. The Morgan fingerprint density at radius 3 is 2.85 bits per heavy atom. The van der Waals surface area contributed by atoms with Crippen molar-refractivity contribution in [1.82, 2.24) is 4.90 Å². The smallest absolute Gasteiger partial charge is 0.119 e. The molecule has 0 spiro atoms. The van der Waals surface area contributed by atoms with Gasteiger partial charge in [0, 0.05) is 6.04 Å². The standard InChI is InChI=1S/C17H28N2O/c1-3-19-11-6-5-8-15(13-18)17(19)14-9-7-10-16(12-14)20-4-2/h7,9-10,12,15,17H,3-6,8,11,13,18H2,1-2H3. The third kappa shape index (κ3) is 3.53. The summed E-state index contributed by atoms with van der Waals surface area (Å²) in [5.41, 5.74) is 7.41. The molecule has 2 unspecified atom stereocenters. The second kappa shape index (κ2) is 7.65. The highest BCUT2D eigenvalue weighted by atomic mass is 16.5. The molecule has 1 saturated heterocycles. The molecule has 112 valence electrons. The number of nitrogens with zero attached hydrogens (tertiary/aromatic N) is 1. The fourth-order valence-corrected chi connectivity index (χ4v) is 3.36. The molecule has 2 N–H and O–H groups in total. The summed E-state index contributed by atoms with van der Waals surface area (Å²) >= 11 is 0. The van der Waals surface area contributed by atoms with Crippen LogP contribution in [-0.2, 0) is 0 Å². The fraction of sp³-hybridized carbons (Fsp3) is 0.647. The molecule has 0 saturated carbocycles. The third-order valence-corrected chi connectivity index (χ3v) is 4.33. The van der Waals surface area contributed by atoms with Crippen molar-refractivity contribution in [2.24, 2.45) is 11.7 Å². The van der Waals surface area contributed by atoms with Gasteiger partial charge in [-0.25, -0.2) is 0 Å². The van der Waals surface area contributed by atoms with Crippen LogP contribution in [0.3, 0.4) is 0 Å². The number of hydrogen-bond donors (Lipinski definition) is 1. The minimum atomic E-state index is 0.438. The first-order valence-corrected chi connectivity index (χ1v) is 7.97. The quantitative estimate of drug-likeness (QED) is 0.897. The SMILES string of the molecule is CCOc1cccc(C2C(CN)CCCCN2CC)c1. The van der Waals surface area contributed by atoms with Crippen molar-refractivity contribution in [2.45, 2.75) is 39.2 Å². The maximum absolute atomic E-state index is 6.06. The number of likely N-dealkylation sites (tertiary alicyclic amines) is 1. The van der Waals surface area contributed by atoms with Crippen LogP contribution in [0.5, 0.6) is 5.75 Å². The van der Waals surface area contributed by atoms with Gasteiger partial charge in [0.05, 0.1) is 6.61 Å². The predicted molar refractivity (Wildman–Crippen MR) is 84.0 cm³/mol. The molecule has 1 heterocycles. The highest BCUT2D eigenvalue weighted by Crippen LogP contribution is 2.35. The van der Waals surface area contributed by atoms with E-state index < -0.39 is 0 Å². The molecule has 1 aromatic rings. The summed E-state index contributed by atoms with van der Waals surface area (Å²) in [5.74, 6) is 1.52. The van der Waals surface area contributed by atoms with Crippen molar-refractivity contribution < 1.29 is 4.74 Å². The van der Waals surface area contributed by atoms with Crippen LogP contribution >= 0.6 is 0 Å². The Morgan fingerprint density at radius 1 is 1.30 bits per heavy atom. The topological polar surface area (TPSA) is 38.5 Å². The lowest BCUT2D eigenvalue weighted by Gasteiger charge is -2.34. The Balaban J connectivity index is 2.30. The molecule has 1 aliphatic heterocycles. The Bertz CT molecular complexity index is 394. The molecule has 20 heavy (non-hydrogen) atoms. The van der Waals surface area contributed by atoms with Gasteiger partial charge in [0.1, 0.15) is 5.75 Å².